The molecule has 0 atom stereocenters. The van der Waals surface area contributed by atoms with E-state index in [1.807, 2.05) is 27.7 Å². The van der Waals surface area contributed by atoms with E-state index in [9.17, 15) is 4.39 Å². The Morgan fingerprint density at radius 1 is 0.950 bits per heavy atom. The fourth-order valence-corrected chi connectivity index (χ4v) is 2.30. The maximum absolute atomic E-state index is 14.6. The molecule has 1 fully saturated rings. The highest BCUT2D eigenvalue weighted by Gasteiger charge is 2.53. The smallest absolute Gasteiger partial charge is 0.398 e. The molecule has 0 radical (unpaired) electrons. The molecule has 116 valence electrons. The SMILES string of the molecule is CC1(C)OB(C(F)=C(CCCCl)CCCCl)OC1(C)C. The van der Waals surface area contributed by atoms with Gasteiger partial charge in [-0.25, -0.2) is 4.39 Å². The minimum absolute atomic E-state index is 0.307. The van der Waals surface area contributed by atoms with Gasteiger partial charge in [0.15, 0.2) is 0 Å². The molecular formula is C14H24BCl2FO2. The van der Waals surface area contributed by atoms with Crippen molar-refractivity contribution in [3.05, 3.63) is 11.3 Å². The lowest BCUT2D eigenvalue weighted by Crippen LogP contribution is -2.41. The number of hydrogen-bond donors (Lipinski definition) is 0. The number of hydrogen-bond acceptors (Lipinski definition) is 2. The van der Waals surface area contributed by atoms with Crippen LogP contribution in [0.25, 0.3) is 0 Å². The molecule has 0 aromatic heterocycles. The van der Waals surface area contributed by atoms with Crippen molar-refractivity contribution in [2.45, 2.75) is 64.6 Å². The predicted octanol–water partition coefficient (Wildman–Crippen LogP) is 4.88. The van der Waals surface area contributed by atoms with Gasteiger partial charge in [-0.1, -0.05) is 0 Å². The van der Waals surface area contributed by atoms with Crippen molar-refractivity contribution in [1.29, 1.82) is 0 Å². The summed E-state index contributed by atoms with van der Waals surface area (Å²) < 4.78 is 26.1. The monoisotopic (exact) mass is 324 g/mol. The van der Waals surface area contributed by atoms with Crippen molar-refractivity contribution in [3.63, 3.8) is 0 Å². The van der Waals surface area contributed by atoms with Crippen LogP contribution in [0.3, 0.4) is 0 Å². The highest BCUT2D eigenvalue weighted by molar-refractivity contribution is 6.53. The van der Waals surface area contributed by atoms with E-state index < -0.39 is 18.3 Å². The van der Waals surface area contributed by atoms with Crippen molar-refractivity contribution in [2.24, 2.45) is 0 Å². The summed E-state index contributed by atoms with van der Waals surface area (Å²) in [7, 11) is -0.916. The number of allylic oxidation sites excluding steroid dienone is 1. The molecule has 2 nitrogen and oxygen atoms in total. The summed E-state index contributed by atoms with van der Waals surface area (Å²) in [6.07, 6.45) is 2.73. The normalized spacial score (nSPS) is 20.2. The van der Waals surface area contributed by atoms with E-state index >= 15 is 0 Å². The lowest BCUT2D eigenvalue weighted by molar-refractivity contribution is 0.00578. The van der Waals surface area contributed by atoms with Gasteiger partial charge in [0.05, 0.1) is 11.2 Å². The Morgan fingerprint density at radius 3 is 1.70 bits per heavy atom. The minimum atomic E-state index is -0.916. The third-order valence-electron chi connectivity index (χ3n) is 4.02. The van der Waals surface area contributed by atoms with Crippen molar-refractivity contribution >= 4 is 30.3 Å². The van der Waals surface area contributed by atoms with Gasteiger partial charge in [0, 0.05) is 11.8 Å². The Morgan fingerprint density at radius 2 is 1.35 bits per heavy atom. The Hall–Kier alpha value is 0.235. The van der Waals surface area contributed by atoms with Crippen LogP contribution in [0.2, 0.25) is 0 Å². The van der Waals surface area contributed by atoms with E-state index in [-0.39, 0.29) is 5.73 Å². The summed E-state index contributed by atoms with van der Waals surface area (Å²) >= 11 is 11.4. The lowest BCUT2D eigenvalue weighted by atomic mass is 9.82. The Labute approximate surface area is 132 Å². The molecule has 1 heterocycles. The van der Waals surface area contributed by atoms with Gasteiger partial charge in [-0.3, -0.25) is 0 Å². The first-order chi connectivity index (χ1) is 9.25. The van der Waals surface area contributed by atoms with E-state index in [0.29, 0.717) is 30.2 Å². The second-order valence-electron chi connectivity index (χ2n) is 6.12. The molecule has 0 bridgehead atoms. The van der Waals surface area contributed by atoms with Crippen molar-refractivity contribution < 1.29 is 13.7 Å². The number of halogens is 3. The molecule has 1 rings (SSSR count). The molecule has 0 spiro atoms. The molecule has 0 aromatic rings. The van der Waals surface area contributed by atoms with Crippen LogP contribution in [-0.4, -0.2) is 30.1 Å². The van der Waals surface area contributed by atoms with E-state index in [4.69, 9.17) is 32.5 Å². The van der Waals surface area contributed by atoms with Gasteiger partial charge in [0.25, 0.3) is 0 Å². The molecule has 0 unspecified atom stereocenters. The van der Waals surface area contributed by atoms with E-state index in [1.54, 1.807) is 0 Å². The summed E-state index contributed by atoms with van der Waals surface area (Å²) in [5.74, 6) is 1.03. The molecule has 0 saturated carbocycles. The lowest BCUT2D eigenvalue weighted by Gasteiger charge is -2.32. The van der Waals surface area contributed by atoms with Crippen LogP contribution in [0.4, 0.5) is 4.39 Å². The molecule has 0 amide bonds. The molecule has 0 N–H and O–H groups in total. The maximum Gasteiger partial charge on any atom is 0.525 e. The van der Waals surface area contributed by atoms with Crippen molar-refractivity contribution in [1.82, 2.24) is 0 Å². The Kier molecular flexibility index (Phi) is 6.84. The van der Waals surface area contributed by atoms with Gasteiger partial charge < -0.3 is 9.31 Å². The maximum atomic E-state index is 14.6. The van der Waals surface area contributed by atoms with Crippen molar-refractivity contribution in [3.8, 4) is 0 Å². The fraction of sp³-hybridized carbons (Fsp3) is 0.857. The zero-order valence-electron chi connectivity index (χ0n) is 12.8. The molecular weight excluding hydrogens is 301 g/mol. The van der Waals surface area contributed by atoms with Crippen LogP contribution in [0, 0.1) is 0 Å². The summed E-state index contributed by atoms with van der Waals surface area (Å²) in [6.45, 7) is 7.66. The van der Waals surface area contributed by atoms with Crippen molar-refractivity contribution in [2.75, 3.05) is 11.8 Å². The van der Waals surface area contributed by atoms with Gasteiger partial charge in [0.1, 0.15) is 5.73 Å². The summed E-state index contributed by atoms with van der Waals surface area (Å²) in [4.78, 5) is 0. The van der Waals surface area contributed by atoms with Gasteiger partial charge >= 0.3 is 7.12 Å². The zero-order valence-corrected chi connectivity index (χ0v) is 14.3. The number of rotatable bonds is 7. The quantitative estimate of drug-likeness (QED) is 0.491. The molecule has 0 aliphatic carbocycles. The third-order valence-corrected chi connectivity index (χ3v) is 4.56. The van der Waals surface area contributed by atoms with Crippen LogP contribution in [-0.2, 0) is 9.31 Å². The fourth-order valence-electron chi connectivity index (χ4n) is 2.04. The zero-order chi connectivity index (χ0) is 15.4. The summed E-state index contributed by atoms with van der Waals surface area (Å²) in [5, 5.41) is 0. The highest BCUT2D eigenvalue weighted by atomic mass is 35.5. The van der Waals surface area contributed by atoms with Gasteiger partial charge in [-0.15, -0.1) is 23.2 Å². The average molecular weight is 325 g/mol. The van der Waals surface area contributed by atoms with Gasteiger partial charge in [0.2, 0.25) is 0 Å². The minimum Gasteiger partial charge on any atom is -0.398 e. The molecule has 1 aliphatic rings. The van der Waals surface area contributed by atoms with Crippen LogP contribution in [0.15, 0.2) is 11.3 Å². The van der Waals surface area contributed by atoms with Gasteiger partial charge in [-0.05, 0) is 59.0 Å². The summed E-state index contributed by atoms with van der Waals surface area (Å²) in [6, 6.07) is 0. The van der Waals surface area contributed by atoms with Gasteiger partial charge in [-0.2, -0.15) is 0 Å². The van der Waals surface area contributed by atoms with Crippen LogP contribution >= 0.6 is 23.2 Å². The molecule has 1 aliphatic heterocycles. The molecule has 6 heteroatoms. The molecule has 0 aromatic carbocycles. The topological polar surface area (TPSA) is 18.5 Å². The first-order valence-electron chi connectivity index (χ1n) is 7.10. The second-order valence-corrected chi connectivity index (χ2v) is 6.88. The number of alkyl halides is 2. The highest BCUT2D eigenvalue weighted by Crippen LogP contribution is 2.40. The average Bonchev–Trinajstić information content (AvgIpc) is 2.58. The third kappa shape index (κ3) is 4.36. The first kappa shape index (κ1) is 18.3. The Balaban J connectivity index is 2.86. The van der Waals surface area contributed by atoms with Crippen LogP contribution < -0.4 is 0 Å². The largest absolute Gasteiger partial charge is 0.525 e. The van der Waals surface area contributed by atoms with E-state index in [1.165, 1.54) is 0 Å². The summed E-state index contributed by atoms with van der Waals surface area (Å²) in [5.41, 5.74) is -0.651. The van der Waals surface area contributed by atoms with E-state index in [0.717, 1.165) is 12.8 Å². The standard InChI is InChI=1S/C14H24BCl2FO2/c1-13(2)14(3,4)20-15(19-13)12(18)11(7-5-9-16)8-6-10-17/h5-10H2,1-4H3. The van der Waals surface area contributed by atoms with E-state index in [2.05, 4.69) is 0 Å². The predicted molar refractivity (Wildman–Crippen MR) is 84.1 cm³/mol. The van der Waals surface area contributed by atoms with Crippen LogP contribution in [0.1, 0.15) is 53.4 Å². The second kappa shape index (κ2) is 7.48. The Bertz CT molecular complexity index is 333. The molecule has 1 saturated heterocycles. The first-order valence-corrected chi connectivity index (χ1v) is 8.17. The van der Waals surface area contributed by atoms with Crippen LogP contribution in [0.5, 0.6) is 0 Å². The molecule has 20 heavy (non-hydrogen) atoms.